The Morgan fingerprint density at radius 2 is 1.92 bits per heavy atom. The van der Waals surface area contributed by atoms with Crippen LogP contribution in [0, 0.1) is 6.92 Å². The normalized spacial score (nSPS) is 10.5. The van der Waals surface area contributed by atoms with Crippen LogP contribution in [0.5, 0.6) is 11.5 Å². The summed E-state index contributed by atoms with van der Waals surface area (Å²) in [4.78, 5) is 12.0. The highest BCUT2D eigenvalue weighted by Gasteiger charge is 2.15. The van der Waals surface area contributed by atoms with Crippen molar-refractivity contribution in [2.75, 3.05) is 7.11 Å². The van der Waals surface area contributed by atoms with Crippen molar-refractivity contribution in [1.29, 1.82) is 0 Å². The molecular weight excluding hydrogens is 324 g/mol. The zero-order valence-electron chi connectivity index (χ0n) is 13.7. The fourth-order valence-corrected chi connectivity index (χ4v) is 2.18. The summed E-state index contributed by atoms with van der Waals surface area (Å²) in [5.74, 6) is 0.393. The molecule has 0 saturated carbocycles. The molecule has 1 aromatic heterocycles. The number of ether oxygens (including phenoxy) is 2. The van der Waals surface area contributed by atoms with Crippen molar-refractivity contribution in [1.82, 2.24) is 10.2 Å². The molecule has 2 aromatic carbocycles. The number of hydrogen-bond acceptors (Lipinski definition) is 7. The van der Waals surface area contributed by atoms with E-state index in [1.165, 1.54) is 12.1 Å². The smallest absolute Gasteiger partial charge is 0.342 e. The van der Waals surface area contributed by atoms with Gasteiger partial charge in [-0.3, -0.25) is 0 Å². The van der Waals surface area contributed by atoms with E-state index < -0.39 is 5.97 Å². The lowest BCUT2D eigenvalue weighted by atomic mass is 10.1. The largest absolute Gasteiger partial charge is 0.507 e. The molecular formula is C18H16N2O5. The number of nitrogens with zero attached hydrogens (tertiary/aromatic N) is 2. The second-order valence-corrected chi connectivity index (χ2v) is 5.33. The van der Waals surface area contributed by atoms with Gasteiger partial charge < -0.3 is 19.0 Å². The standard InChI is InChI=1S/C18H16N2O5/c1-11-3-8-14(15(21)9-11)18(22)24-10-16-19-20-17(25-16)12-4-6-13(23-2)7-5-12/h3-9,21H,10H2,1-2H3. The van der Waals surface area contributed by atoms with Gasteiger partial charge in [-0.25, -0.2) is 4.79 Å². The molecule has 3 rings (SSSR count). The Labute approximate surface area is 143 Å². The summed E-state index contributed by atoms with van der Waals surface area (Å²) in [6, 6.07) is 11.8. The molecule has 0 aliphatic heterocycles. The van der Waals surface area contributed by atoms with E-state index in [1.807, 2.05) is 6.92 Å². The molecule has 0 aliphatic carbocycles. The van der Waals surface area contributed by atoms with E-state index in [2.05, 4.69) is 10.2 Å². The second-order valence-electron chi connectivity index (χ2n) is 5.33. The van der Waals surface area contributed by atoms with Crippen LogP contribution in [0.2, 0.25) is 0 Å². The summed E-state index contributed by atoms with van der Waals surface area (Å²) < 4.78 is 15.7. The van der Waals surface area contributed by atoms with Crippen molar-refractivity contribution >= 4 is 5.97 Å². The van der Waals surface area contributed by atoms with Gasteiger partial charge in [0.05, 0.1) is 7.11 Å². The van der Waals surface area contributed by atoms with Crippen LogP contribution >= 0.6 is 0 Å². The first-order chi connectivity index (χ1) is 12.1. The molecule has 7 heteroatoms. The maximum Gasteiger partial charge on any atom is 0.342 e. The van der Waals surface area contributed by atoms with E-state index in [9.17, 15) is 9.90 Å². The lowest BCUT2D eigenvalue weighted by Gasteiger charge is -2.05. The van der Waals surface area contributed by atoms with Gasteiger partial charge in [-0.1, -0.05) is 6.07 Å². The van der Waals surface area contributed by atoms with Gasteiger partial charge in [0.2, 0.25) is 5.89 Å². The van der Waals surface area contributed by atoms with Crippen molar-refractivity contribution in [3.05, 3.63) is 59.5 Å². The number of methoxy groups -OCH3 is 1. The number of carbonyl (C=O) groups excluding carboxylic acids is 1. The van der Waals surface area contributed by atoms with Gasteiger partial charge in [0.25, 0.3) is 5.89 Å². The topological polar surface area (TPSA) is 94.7 Å². The lowest BCUT2D eigenvalue weighted by molar-refractivity contribution is 0.0435. The highest BCUT2D eigenvalue weighted by Crippen LogP contribution is 2.22. The number of aromatic hydroxyl groups is 1. The molecule has 0 aliphatic rings. The number of esters is 1. The summed E-state index contributed by atoms with van der Waals surface area (Å²) in [6.07, 6.45) is 0. The van der Waals surface area contributed by atoms with Crippen LogP contribution in [0.1, 0.15) is 21.8 Å². The van der Waals surface area contributed by atoms with Gasteiger partial charge in [-0.05, 0) is 48.9 Å². The Bertz CT molecular complexity index is 887. The number of benzene rings is 2. The third kappa shape index (κ3) is 3.77. The average Bonchev–Trinajstić information content (AvgIpc) is 3.09. The number of phenols is 1. The van der Waals surface area contributed by atoms with E-state index in [4.69, 9.17) is 13.9 Å². The van der Waals surface area contributed by atoms with Crippen LogP contribution in [0.25, 0.3) is 11.5 Å². The van der Waals surface area contributed by atoms with E-state index in [1.54, 1.807) is 37.4 Å². The minimum Gasteiger partial charge on any atom is -0.507 e. The molecule has 0 bridgehead atoms. The van der Waals surface area contributed by atoms with Crippen molar-refractivity contribution in [3.8, 4) is 23.0 Å². The monoisotopic (exact) mass is 340 g/mol. The molecule has 0 spiro atoms. The molecule has 1 heterocycles. The van der Waals surface area contributed by atoms with Crippen molar-refractivity contribution < 1.29 is 23.8 Å². The Hall–Kier alpha value is -3.35. The van der Waals surface area contributed by atoms with Crippen molar-refractivity contribution in [2.24, 2.45) is 0 Å². The highest BCUT2D eigenvalue weighted by molar-refractivity contribution is 5.92. The summed E-state index contributed by atoms with van der Waals surface area (Å²) >= 11 is 0. The van der Waals surface area contributed by atoms with Crippen LogP contribution in [-0.2, 0) is 11.3 Å². The van der Waals surface area contributed by atoms with Crippen LogP contribution in [0.4, 0.5) is 0 Å². The SMILES string of the molecule is COc1ccc(-c2nnc(COC(=O)c3ccc(C)cc3O)o2)cc1. The van der Waals surface area contributed by atoms with Gasteiger partial charge in [-0.2, -0.15) is 0 Å². The summed E-state index contributed by atoms with van der Waals surface area (Å²) in [5.41, 5.74) is 1.65. The zero-order valence-corrected chi connectivity index (χ0v) is 13.7. The number of aromatic nitrogens is 2. The quantitative estimate of drug-likeness (QED) is 0.713. The van der Waals surface area contributed by atoms with Gasteiger partial charge in [0, 0.05) is 5.56 Å². The minimum absolute atomic E-state index is 0.0838. The van der Waals surface area contributed by atoms with E-state index in [0.29, 0.717) is 5.89 Å². The zero-order chi connectivity index (χ0) is 17.8. The first kappa shape index (κ1) is 16.5. The summed E-state index contributed by atoms with van der Waals surface area (Å²) in [7, 11) is 1.58. The fourth-order valence-electron chi connectivity index (χ4n) is 2.18. The summed E-state index contributed by atoms with van der Waals surface area (Å²) in [6.45, 7) is 1.63. The number of carbonyl (C=O) groups is 1. The van der Waals surface area contributed by atoms with E-state index in [0.717, 1.165) is 16.9 Å². The molecule has 0 radical (unpaired) electrons. The van der Waals surface area contributed by atoms with Crippen LogP contribution in [0.15, 0.2) is 46.9 Å². The van der Waals surface area contributed by atoms with Crippen LogP contribution in [0.3, 0.4) is 0 Å². The fraction of sp³-hybridized carbons (Fsp3) is 0.167. The maximum absolute atomic E-state index is 12.0. The Morgan fingerprint density at radius 3 is 2.60 bits per heavy atom. The molecule has 7 nitrogen and oxygen atoms in total. The number of phenolic OH excluding ortho intramolecular Hbond substituents is 1. The number of rotatable bonds is 5. The molecule has 0 unspecified atom stereocenters. The third-order valence-electron chi connectivity index (χ3n) is 3.50. The lowest BCUT2D eigenvalue weighted by Crippen LogP contribution is -2.05. The molecule has 0 atom stereocenters. The summed E-state index contributed by atoms with van der Waals surface area (Å²) in [5, 5.41) is 17.6. The van der Waals surface area contributed by atoms with E-state index >= 15 is 0 Å². The molecule has 0 saturated heterocycles. The molecule has 1 N–H and O–H groups in total. The molecule has 128 valence electrons. The molecule has 0 fully saturated rings. The van der Waals surface area contributed by atoms with Crippen LogP contribution < -0.4 is 4.74 Å². The van der Waals surface area contributed by atoms with Gasteiger partial charge >= 0.3 is 5.97 Å². The number of hydrogen-bond donors (Lipinski definition) is 1. The van der Waals surface area contributed by atoms with Gasteiger partial charge in [-0.15, -0.1) is 10.2 Å². The first-order valence-electron chi connectivity index (χ1n) is 7.50. The predicted molar refractivity (Wildman–Crippen MR) is 88.2 cm³/mol. The Morgan fingerprint density at radius 1 is 1.16 bits per heavy atom. The van der Waals surface area contributed by atoms with Gasteiger partial charge in [0.15, 0.2) is 6.61 Å². The Kier molecular flexibility index (Phi) is 4.65. The second kappa shape index (κ2) is 7.04. The van der Waals surface area contributed by atoms with E-state index in [-0.39, 0.29) is 23.8 Å². The van der Waals surface area contributed by atoms with Crippen molar-refractivity contribution in [2.45, 2.75) is 13.5 Å². The first-order valence-corrected chi connectivity index (χ1v) is 7.50. The van der Waals surface area contributed by atoms with Crippen LogP contribution in [-0.4, -0.2) is 28.4 Å². The van der Waals surface area contributed by atoms with Gasteiger partial charge in [0.1, 0.15) is 17.1 Å². The highest BCUT2D eigenvalue weighted by atomic mass is 16.5. The molecule has 0 amide bonds. The maximum atomic E-state index is 12.0. The Balaban J connectivity index is 1.66. The third-order valence-corrected chi connectivity index (χ3v) is 3.50. The average molecular weight is 340 g/mol. The number of aryl methyl sites for hydroxylation is 1. The van der Waals surface area contributed by atoms with Crippen molar-refractivity contribution in [3.63, 3.8) is 0 Å². The molecule has 3 aromatic rings. The molecule has 25 heavy (non-hydrogen) atoms. The minimum atomic E-state index is -0.665. The predicted octanol–water partition coefficient (Wildman–Crippen LogP) is 3.12.